The molecule has 0 saturated carbocycles. The fourth-order valence-electron chi connectivity index (χ4n) is 5.45. The lowest BCUT2D eigenvalue weighted by atomic mass is 9.93. The van der Waals surface area contributed by atoms with E-state index in [1.807, 2.05) is 6.92 Å². The zero-order valence-electron chi connectivity index (χ0n) is 22.2. The average Bonchev–Trinajstić information content (AvgIpc) is 3.61. The monoisotopic (exact) mass is 542 g/mol. The highest BCUT2D eigenvalue weighted by Crippen LogP contribution is 2.36. The van der Waals surface area contributed by atoms with Gasteiger partial charge in [-0.1, -0.05) is 12.1 Å². The highest BCUT2D eigenvalue weighted by Gasteiger charge is 2.40. The fourth-order valence-corrected chi connectivity index (χ4v) is 5.45. The molecule has 1 atom stereocenters. The number of aromatic nitrogens is 2. The van der Waals surface area contributed by atoms with Gasteiger partial charge < -0.3 is 24.5 Å². The average molecular weight is 543 g/mol. The van der Waals surface area contributed by atoms with Crippen LogP contribution >= 0.6 is 0 Å². The van der Waals surface area contributed by atoms with E-state index in [1.165, 1.54) is 12.1 Å². The van der Waals surface area contributed by atoms with Crippen LogP contribution in [-0.2, 0) is 5.60 Å². The summed E-state index contributed by atoms with van der Waals surface area (Å²) in [6, 6.07) is 12.7. The van der Waals surface area contributed by atoms with Crippen molar-refractivity contribution in [2.45, 2.75) is 25.9 Å². The van der Waals surface area contributed by atoms with Gasteiger partial charge in [0.1, 0.15) is 34.0 Å². The van der Waals surface area contributed by atoms with Crippen molar-refractivity contribution in [1.29, 1.82) is 0 Å². The number of fused-ring (bicyclic) bond motifs is 2. The van der Waals surface area contributed by atoms with E-state index in [4.69, 9.17) is 9.15 Å². The van der Waals surface area contributed by atoms with Crippen LogP contribution < -0.4 is 10.1 Å². The number of likely N-dealkylation sites (tertiary alicyclic amines) is 1. The van der Waals surface area contributed by atoms with E-state index in [9.17, 15) is 19.1 Å². The Labute approximate surface area is 228 Å². The highest BCUT2D eigenvalue weighted by molar-refractivity contribution is 6.07. The van der Waals surface area contributed by atoms with Crippen molar-refractivity contribution in [3.63, 3.8) is 0 Å². The Morgan fingerprint density at radius 2 is 1.93 bits per heavy atom. The highest BCUT2D eigenvalue weighted by atomic mass is 19.1. The van der Waals surface area contributed by atoms with Crippen molar-refractivity contribution in [3.05, 3.63) is 94.8 Å². The number of aliphatic hydroxyl groups is 1. The van der Waals surface area contributed by atoms with Crippen molar-refractivity contribution in [2.75, 3.05) is 20.1 Å². The first kappa shape index (κ1) is 25.6. The van der Waals surface area contributed by atoms with Crippen LogP contribution in [0, 0.1) is 19.7 Å². The fraction of sp³-hybridized carbons (Fsp3) is 0.233. The molecule has 0 bridgehead atoms. The number of carbonyl (C=O) groups is 2. The van der Waals surface area contributed by atoms with Gasteiger partial charge in [0.25, 0.3) is 11.8 Å². The Morgan fingerprint density at radius 1 is 1.15 bits per heavy atom. The quantitative estimate of drug-likeness (QED) is 0.333. The maximum Gasteiger partial charge on any atom is 0.255 e. The summed E-state index contributed by atoms with van der Waals surface area (Å²) in [5, 5.41) is 18.9. The molecule has 3 aromatic heterocycles. The second-order valence-corrected chi connectivity index (χ2v) is 10.0. The summed E-state index contributed by atoms with van der Waals surface area (Å²) in [6.07, 6.45) is 3.59. The maximum absolute atomic E-state index is 13.6. The standard InChI is InChI=1S/C30H27FN4O5/c1-17-23(29(37)34-13-11-30(38,16-34)19-4-6-20(31)7-5-19)15-35-27(17)24(10-12-33-35)40-21-8-9-22-25(14-21)39-18(2)26(22)28(36)32-3/h4-10,12,14-15,38H,11,13,16H2,1-3H3,(H,32,36). The lowest BCUT2D eigenvalue weighted by Gasteiger charge is -2.24. The Bertz CT molecular complexity index is 1790. The number of furan rings is 1. The lowest BCUT2D eigenvalue weighted by Crippen LogP contribution is -2.34. The second kappa shape index (κ2) is 9.49. The first-order valence-corrected chi connectivity index (χ1v) is 12.9. The molecule has 10 heteroatoms. The van der Waals surface area contributed by atoms with Gasteiger partial charge >= 0.3 is 0 Å². The predicted molar refractivity (Wildman–Crippen MR) is 145 cm³/mol. The van der Waals surface area contributed by atoms with Crippen LogP contribution in [0.1, 0.15) is 44.0 Å². The molecule has 204 valence electrons. The molecule has 0 aliphatic carbocycles. The smallest absolute Gasteiger partial charge is 0.255 e. The van der Waals surface area contributed by atoms with E-state index in [-0.39, 0.29) is 24.2 Å². The molecule has 1 unspecified atom stereocenters. The number of β-amino-alcohol motifs (C(OH)–C–C–N with tert-alkyl or cyclic N) is 1. The molecule has 5 aromatic rings. The summed E-state index contributed by atoms with van der Waals surface area (Å²) in [4.78, 5) is 27.4. The molecule has 9 nitrogen and oxygen atoms in total. The largest absolute Gasteiger partial charge is 0.460 e. The third-order valence-electron chi connectivity index (χ3n) is 7.56. The van der Waals surface area contributed by atoms with Crippen LogP contribution in [0.25, 0.3) is 16.5 Å². The minimum absolute atomic E-state index is 0.0977. The SMILES string of the molecule is CNC(=O)c1c(C)oc2cc(Oc3ccnn4cc(C(=O)N5CCC(O)(c6ccc(F)cc6)C5)c(C)c34)ccc12. The minimum atomic E-state index is -1.25. The number of carbonyl (C=O) groups excluding carboxylic acids is 2. The molecule has 1 saturated heterocycles. The molecule has 1 fully saturated rings. The van der Waals surface area contributed by atoms with Crippen LogP contribution in [-0.4, -0.2) is 51.6 Å². The maximum atomic E-state index is 13.6. The summed E-state index contributed by atoms with van der Waals surface area (Å²) in [7, 11) is 1.57. The van der Waals surface area contributed by atoms with E-state index in [2.05, 4.69) is 10.4 Å². The van der Waals surface area contributed by atoms with Gasteiger partial charge in [-0.25, -0.2) is 8.91 Å². The van der Waals surface area contributed by atoms with Gasteiger partial charge in [0.05, 0.1) is 23.9 Å². The van der Waals surface area contributed by atoms with Gasteiger partial charge in [-0.15, -0.1) is 0 Å². The zero-order valence-corrected chi connectivity index (χ0v) is 22.2. The van der Waals surface area contributed by atoms with Crippen molar-refractivity contribution in [1.82, 2.24) is 19.8 Å². The molecule has 0 spiro atoms. The molecule has 2 aromatic carbocycles. The Balaban J connectivity index is 1.29. The van der Waals surface area contributed by atoms with Crippen molar-refractivity contribution in [2.24, 2.45) is 0 Å². The Morgan fingerprint density at radius 3 is 2.67 bits per heavy atom. The molecule has 1 aliphatic rings. The number of hydrogen-bond acceptors (Lipinski definition) is 6. The number of nitrogens with one attached hydrogen (secondary N) is 1. The summed E-state index contributed by atoms with van der Waals surface area (Å²) < 4.78 is 27.0. The Kier molecular flexibility index (Phi) is 6.07. The molecule has 40 heavy (non-hydrogen) atoms. The first-order valence-electron chi connectivity index (χ1n) is 12.9. The second-order valence-electron chi connectivity index (χ2n) is 10.0. The number of nitrogens with zero attached hydrogens (tertiary/aromatic N) is 3. The minimum Gasteiger partial charge on any atom is -0.460 e. The molecule has 0 radical (unpaired) electrons. The van der Waals surface area contributed by atoms with E-state index < -0.39 is 5.60 Å². The number of hydrogen-bond donors (Lipinski definition) is 2. The zero-order chi connectivity index (χ0) is 28.2. The topological polar surface area (TPSA) is 109 Å². The summed E-state index contributed by atoms with van der Waals surface area (Å²) in [5.41, 5.74) is 2.08. The summed E-state index contributed by atoms with van der Waals surface area (Å²) in [5.74, 6) is 0.654. The van der Waals surface area contributed by atoms with Gasteiger partial charge in [0.15, 0.2) is 5.75 Å². The van der Waals surface area contributed by atoms with Crippen LogP contribution in [0.2, 0.25) is 0 Å². The van der Waals surface area contributed by atoms with Gasteiger partial charge in [-0.3, -0.25) is 9.59 Å². The first-order chi connectivity index (χ1) is 19.2. The molecule has 6 rings (SSSR count). The number of halogens is 1. The normalized spacial score (nSPS) is 17.1. The summed E-state index contributed by atoms with van der Waals surface area (Å²) in [6.45, 7) is 4.02. The van der Waals surface area contributed by atoms with Gasteiger partial charge in [0.2, 0.25) is 0 Å². The van der Waals surface area contributed by atoms with E-state index >= 15 is 0 Å². The molecule has 2 amide bonds. The van der Waals surface area contributed by atoms with Crippen LogP contribution in [0.3, 0.4) is 0 Å². The number of aryl methyl sites for hydroxylation is 2. The van der Waals surface area contributed by atoms with Gasteiger partial charge in [-0.2, -0.15) is 5.10 Å². The van der Waals surface area contributed by atoms with E-state index in [0.29, 0.717) is 69.0 Å². The Hall–Kier alpha value is -4.70. The van der Waals surface area contributed by atoms with Crippen LogP contribution in [0.5, 0.6) is 11.5 Å². The molecular formula is C30H27FN4O5. The number of ether oxygens (including phenoxy) is 1. The van der Waals surface area contributed by atoms with Gasteiger partial charge in [-0.05, 0) is 55.7 Å². The number of rotatable bonds is 5. The van der Waals surface area contributed by atoms with E-state index in [0.717, 1.165) is 0 Å². The molecule has 1 aliphatic heterocycles. The van der Waals surface area contributed by atoms with Crippen molar-refractivity contribution >= 4 is 28.3 Å². The molecule has 4 heterocycles. The van der Waals surface area contributed by atoms with Crippen LogP contribution in [0.15, 0.2) is 65.3 Å². The van der Waals surface area contributed by atoms with Crippen molar-refractivity contribution in [3.8, 4) is 11.5 Å². The van der Waals surface area contributed by atoms with E-state index in [1.54, 1.807) is 72.2 Å². The van der Waals surface area contributed by atoms with Crippen LogP contribution in [0.4, 0.5) is 4.39 Å². The molecular weight excluding hydrogens is 515 g/mol. The third kappa shape index (κ3) is 4.17. The van der Waals surface area contributed by atoms with Gasteiger partial charge in [0, 0.05) is 37.3 Å². The molecule has 2 N–H and O–H groups in total. The number of benzene rings is 2. The van der Waals surface area contributed by atoms with Crippen molar-refractivity contribution < 1.29 is 28.2 Å². The predicted octanol–water partition coefficient (Wildman–Crippen LogP) is 4.72. The number of amides is 2. The third-order valence-corrected chi connectivity index (χ3v) is 7.56. The lowest BCUT2D eigenvalue weighted by molar-refractivity contribution is 0.0416. The summed E-state index contributed by atoms with van der Waals surface area (Å²) >= 11 is 0.